The summed E-state index contributed by atoms with van der Waals surface area (Å²) in [5.74, 6) is 0.218. The molecular formula is C10H10N4O2SY-2. The van der Waals surface area contributed by atoms with Crippen molar-refractivity contribution in [3.63, 3.8) is 0 Å². The van der Waals surface area contributed by atoms with Gasteiger partial charge in [-0.25, -0.2) is 20.6 Å². The summed E-state index contributed by atoms with van der Waals surface area (Å²) in [7, 11) is -3.22. The number of aromatic nitrogens is 3. The van der Waals surface area contributed by atoms with Crippen molar-refractivity contribution < 1.29 is 41.1 Å². The molecule has 0 saturated heterocycles. The van der Waals surface area contributed by atoms with Crippen LogP contribution >= 0.6 is 0 Å². The number of pyridine rings is 1. The molecule has 1 radical (unpaired) electrons. The van der Waals surface area contributed by atoms with Crippen molar-refractivity contribution in [1.82, 2.24) is 15.0 Å². The predicted octanol–water partition coefficient (Wildman–Crippen LogP) is 0.528. The predicted molar refractivity (Wildman–Crippen MR) is 62.4 cm³/mol. The molecular weight excluding hydrogens is 329 g/mol. The first-order valence-electron chi connectivity index (χ1n) is 4.49. The van der Waals surface area contributed by atoms with E-state index >= 15 is 0 Å². The fourth-order valence-electron chi connectivity index (χ4n) is 0.781. The Morgan fingerprint density at radius 3 is 2.28 bits per heavy atom. The van der Waals surface area contributed by atoms with Crippen molar-refractivity contribution in [3.8, 4) is 0 Å². The zero-order valence-electron chi connectivity index (χ0n) is 9.61. The van der Waals surface area contributed by atoms with Gasteiger partial charge in [0.2, 0.25) is 10.0 Å². The Kier molecular flexibility index (Phi) is 8.61. The summed E-state index contributed by atoms with van der Waals surface area (Å²) in [6, 6.07) is 8.54. The minimum Gasteiger partial charge on any atom is -0.434 e. The van der Waals surface area contributed by atoms with Gasteiger partial charge in [-0.3, -0.25) is 19.7 Å². The SMILES string of the molecule is CS(=O)(=O)Nc1[c-]cccn1.[Y].[c-]1cncnc1. The summed E-state index contributed by atoms with van der Waals surface area (Å²) in [5.41, 5.74) is 0. The summed E-state index contributed by atoms with van der Waals surface area (Å²) in [6.07, 6.45) is 7.15. The van der Waals surface area contributed by atoms with Gasteiger partial charge in [0.1, 0.15) is 6.33 Å². The molecule has 0 aliphatic heterocycles. The molecule has 18 heavy (non-hydrogen) atoms. The second-order valence-corrected chi connectivity index (χ2v) is 4.59. The Morgan fingerprint density at radius 1 is 1.28 bits per heavy atom. The zero-order chi connectivity index (χ0) is 12.6. The van der Waals surface area contributed by atoms with E-state index in [9.17, 15) is 8.42 Å². The first kappa shape index (κ1) is 17.1. The Morgan fingerprint density at radius 2 is 1.94 bits per heavy atom. The second kappa shape index (κ2) is 9.07. The van der Waals surface area contributed by atoms with Gasteiger partial charge in [-0.1, -0.05) is 6.20 Å². The number of nitrogens with one attached hydrogen (secondary N) is 1. The first-order valence-corrected chi connectivity index (χ1v) is 6.38. The molecule has 0 saturated carbocycles. The molecule has 0 aromatic carbocycles. The van der Waals surface area contributed by atoms with Gasteiger partial charge in [-0.05, 0) is 0 Å². The summed E-state index contributed by atoms with van der Waals surface area (Å²) in [5, 5.41) is 0. The standard InChI is InChI=1S/C6H7N2O2S.C4H3N2.Y/c1-11(9,10)8-6-4-2-3-5-7-6;1-2-5-4-6-3-1;/h2-3,5H,1H3,(H,7,8);2-4H;/q2*-1;. The van der Waals surface area contributed by atoms with Gasteiger partial charge in [-0.2, -0.15) is 6.07 Å². The zero-order valence-corrected chi connectivity index (χ0v) is 13.3. The summed E-state index contributed by atoms with van der Waals surface area (Å²) >= 11 is 0. The molecule has 2 heterocycles. The molecule has 0 fully saturated rings. The van der Waals surface area contributed by atoms with Crippen LogP contribution in [0.15, 0.2) is 37.1 Å². The van der Waals surface area contributed by atoms with Crippen LogP contribution < -0.4 is 4.72 Å². The van der Waals surface area contributed by atoms with Gasteiger partial charge in [0.05, 0.1) is 6.26 Å². The molecule has 0 amide bonds. The molecule has 0 aliphatic rings. The molecule has 0 bridgehead atoms. The minimum absolute atomic E-state index is 0. The maximum absolute atomic E-state index is 10.6. The van der Waals surface area contributed by atoms with Crippen LogP contribution in [0.3, 0.4) is 0 Å². The average Bonchev–Trinajstić information content (AvgIpc) is 2.31. The van der Waals surface area contributed by atoms with E-state index in [4.69, 9.17) is 0 Å². The van der Waals surface area contributed by atoms with Gasteiger partial charge in [0.15, 0.2) is 0 Å². The van der Waals surface area contributed by atoms with E-state index in [1.807, 2.05) is 0 Å². The van der Waals surface area contributed by atoms with Crippen molar-refractivity contribution in [2.75, 3.05) is 11.0 Å². The number of sulfonamides is 1. The molecule has 8 heteroatoms. The van der Waals surface area contributed by atoms with E-state index in [2.05, 4.69) is 31.8 Å². The number of hydrogen-bond acceptors (Lipinski definition) is 5. The topological polar surface area (TPSA) is 84.8 Å². The van der Waals surface area contributed by atoms with Crippen LogP contribution in [-0.2, 0) is 42.7 Å². The van der Waals surface area contributed by atoms with Crippen molar-refractivity contribution in [2.24, 2.45) is 0 Å². The third kappa shape index (κ3) is 9.15. The third-order valence-electron chi connectivity index (χ3n) is 1.32. The number of rotatable bonds is 2. The first-order chi connectivity index (χ1) is 8.08. The summed E-state index contributed by atoms with van der Waals surface area (Å²) < 4.78 is 23.4. The smallest absolute Gasteiger partial charge is 0.229 e. The van der Waals surface area contributed by atoms with E-state index in [0.717, 1.165) is 6.26 Å². The number of anilines is 1. The number of hydrogen-bond donors (Lipinski definition) is 1. The van der Waals surface area contributed by atoms with E-state index in [0.29, 0.717) is 0 Å². The molecule has 0 atom stereocenters. The average molecular weight is 339 g/mol. The van der Waals surface area contributed by atoms with E-state index in [1.165, 1.54) is 12.5 Å². The molecule has 0 unspecified atom stereocenters. The van der Waals surface area contributed by atoms with E-state index < -0.39 is 10.0 Å². The maximum Gasteiger partial charge on any atom is 0.229 e. The second-order valence-electron chi connectivity index (χ2n) is 2.84. The van der Waals surface area contributed by atoms with Gasteiger partial charge in [-0.15, -0.1) is 12.4 Å². The van der Waals surface area contributed by atoms with Crippen molar-refractivity contribution in [2.45, 2.75) is 0 Å². The Bertz CT molecular complexity index is 495. The molecule has 6 nitrogen and oxygen atoms in total. The molecule has 0 aliphatic carbocycles. The normalized spacial score (nSPS) is 9.39. The molecule has 1 N–H and O–H groups in total. The monoisotopic (exact) mass is 339 g/mol. The Balaban J connectivity index is 0.000000352. The van der Waals surface area contributed by atoms with Crippen LogP contribution in [0.25, 0.3) is 0 Å². The van der Waals surface area contributed by atoms with Crippen molar-refractivity contribution >= 4 is 15.8 Å². The van der Waals surface area contributed by atoms with Crippen molar-refractivity contribution in [3.05, 3.63) is 49.2 Å². The van der Waals surface area contributed by atoms with Crippen LogP contribution in [0.1, 0.15) is 0 Å². The van der Waals surface area contributed by atoms with Gasteiger partial charge < -0.3 is 6.07 Å². The maximum atomic E-state index is 10.6. The molecule has 2 aromatic heterocycles. The largest absolute Gasteiger partial charge is 0.434 e. The summed E-state index contributed by atoms with van der Waals surface area (Å²) in [4.78, 5) is 11.0. The number of nitrogens with zero attached hydrogens (tertiary/aromatic N) is 3. The molecule has 2 aromatic rings. The van der Waals surface area contributed by atoms with E-state index in [-0.39, 0.29) is 38.5 Å². The fraction of sp³-hybridized carbons (Fsp3) is 0.100. The minimum atomic E-state index is -3.22. The molecule has 93 valence electrons. The van der Waals surface area contributed by atoms with Crippen LogP contribution in [0.4, 0.5) is 5.82 Å². The quantitative estimate of drug-likeness (QED) is 0.807. The third-order valence-corrected chi connectivity index (χ3v) is 1.88. The van der Waals surface area contributed by atoms with Crippen LogP contribution in [0.2, 0.25) is 0 Å². The van der Waals surface area contributed by atoms with Gasteiger partial charge in [0.25, 0.3) is 0 Å². The molecule has 0 spiro atoms. The summed E-state index contributed by atoms with van der Waals surface area (Å²) in [6.45, 7) is 0. The fourth-order valence-corrected chi connectivity index (χ4v) is 1.24. The van der Waals surface area contributed by atoms with Crippen LogP contribution in [0, 0.1) is 12.1 Å². The Labute approximate surface area is 131 Å². The van der Waals surface area contributed by atoms with Crippen LogP contribution in [-0.4, -0.2) is 29.6 Å². The van der Waals surface area contributed by atoms with E-state index in [1.54, 1.807) is 24.5 Å². The van der Waals surface area contributed by atoms with Crippen molar-refractivity contribution in [1.29, 1.82) is 0 Å². The van der Waals surface area contributed by atoms with Gasteiger partial charge in [0, 0.05) is 38.5 Å². The van der Waals surface area contributed by atoms with Gasteiger partial charge >= 0.3 is 0 Å². The molecule has 2 rings (SSSR count). The van der Waals surface area contributed by atoms with Crippen LogP contribution in [0.5, 0.6) is 0 Å². The Hall–Kier alpha value is -0.916.